The molecule has 2 aromatic carbocycles. The zero-order valence-corrected chi connectivity index (χ0v) is 16.5. The highest BCUT2D eigenvalue weighted by Gasteiger charge is 2.21. The molecule has 1 amide bonds. The van der Waals surface area contributed by atoms with Crippen LogP contribution < -0.4 is 14.8 Å². The number of aryl methyl sites for hydroxylation is 2. The Hall–Kier alpha value is -2.49. The van der Waals surface area contributed by atoms with Crippen LogP contribution in [-0.2, 0) is 17.6 Å². The fourth-order valence-electron chi connectivity index (χ4n) is 3.55. The first-order valence-corrected chi connectivity index (χ1v) is 9.83. The molecule has 27 heavy (non-hydrogen) atoms. The molecular weight excluding hydrogens is 338 g/mol. The van der Waals surface area contributed by atoms with E-state index in [9.17, 15) is 4.79 Å². The van der Waals surface area contributed by atoms with Crippen molar-refractivity contribution >= 4 is 5.91 Å². The number of carbonyl (C=O) groups excluding carboxylic acids is 1. The Kier molecular flexibility index (Phi) is 6.38. The minimum absolute atomic E-state index is 0.0433. The van der Waals surface area contributed by atoms with Gasteiger partial charge in [-0.25, -0.2) is 0 Å². The van der Waals surface area contributed by atoms with E-state index in [-0.39, 0.29) is 11.9 Å². The summed E-state index contributed by atoms with van der Waals surface area (Å²) in [7, 11) is 1.63. The number of carbonyl (C=O) groups is 1. The fourth-order valence-corrected chi connectivity index (χ4v) is 3.55. The van der Waals surface area contributed by atoms with Gasteiger partial charge in [-0.15, -0.1) is 0 Å². The van der Waals surface area contributed by atoms with Crippen LogP contribution in [0.25, 0.3) is 0 Å². The lowest BCUT2D eigenvalue weighted by Gasteiger charge is -2.22. The molecule has 1 aliphatic rings. The van der Waals surface area contributed by atoms with Crippen molar-refractivity contribution in [1.82, 2.24) is 5.32 Å². The minimum atomic E-state index is -0.515. The third kappa shape index (κ3) is 4.82. The minimum Gasteiger partial charge on any atom is -0.497 e. The highest BCUT2D eigenvalue weighted by atomic mass is 16.5. The molecule has 0 heterocycles. The molecule has 0 saturated heterocycles. The van der Waals surface area contributed by atoms with E-state index in [0.29, 0.717) is 12.2 Å². The van der Waals surface area contributed by atoms with Crippen LogP contribution in [0.1, 0.15) is 55.8 Å². The Bertz CT molecular complexity index is 770. The summed E-state index contributed by atoms with van der Waals surface area (Å²) in [5.41, 5.74) is 4.04. The van der Waals surface area contributed by atoms with Crippen LogP contribution in [-0.4, -0.2) is 19.1 Å². The van der Waals surface area contributed by atoms with E-state index in [1.54, 1.807) is 7.11 Å². The van der Waals surface area contributed by atoms with Crippen molar-refractivity contribution in [1.29, 1.82) is 0 Å². The van der Waals surface area contributed by atoms with Crippen molar-refractivity contribution in [2.45, 2.75) is 58.1 Å². The number of rotatable bonds is 7. The van der Waals surface area contributed by atoms with Gasteiger partial charge in [-0.2, -0.15) is 0 Å². The van der Waals surface area contributed by atoms with Gasteiger partial charge < -0.3 is 14.8 Å². The summed E-state index contributed by atoms with van der Waals surface area (Å²) in [6.07, 6.45) is 4.93. The lowest BCUT2D eigenvalue weighted by Crippen LogP contribution is -2.39. The summed E-state index contributed by atoms with van der Waals surface area (Å²) in [6, 6.07) is 13.9. The van der Waals surface area contributed by atoms with E-state index >= 15 is 0 Å². The van der Waals surface area contributed by atoms with E-state index in [2.05, 4.69) is 23.5 Å². The number of nitrogens with one attached hydrogen (secondary N) is 1. The van der Waals surface area contributed by atoms with Crippen molar-refractivity contribution in [3.8, 4) is 11.5 Å². The number of fused-ring (bicyclic) bond motifs is 1. The first kappa shape index (κ1) is 19.3. The highest BCUT2D eigenvalue weighted by molar-refractivity contribution is 5.81. The Morgan fingerprint density at radius 3 is 2.37 bits per heavy atom. The normalized spacial score (nSPS) is 15.4. The molecule has 0 unspecified atom stereocenters. The number of methoxy groups -OCH3 is 1. The van der Waals surface area contributed by atoms with Gasteiger partial charge in [-0.1, -0.05) is 25.1 Å². The summed E-state index contributed by atoms with van der Waals surface area (Å²) in [5, 5.41) is 3.11. The third-order valence-electron chi connectivity index (χ3n) is 5.23. The summed E-state index contributed by atoms with van der Waals surface area (Å²) in [4.78, 5) is 12.7. The number of benzene rings is 2. The third-order valence-corrected chi connectivity index (χ3v) is 5.23. The number of hydrogen-bond acceptors (Lipinski definition) is 3. The molecule has 1 N–H and O–H groups in total. The fraction of sp³-hybridized carbons (Fsp3) is 0.435. The van der Waals surface area contributed by atoms with Crippen molar-refractivity contribution in [2.75, 3.05) is 7.11 Å². The molecule has 0 spiro atoms. The van der Waals surface area contributed by atoms with Gasteiger partial charge in [0.15, 0.2) is 6.10 Å². The van der Waals surface area contributed by atoms with Crippen LogP contribution >= 0.6 is 0 Å². The topological polar surface area (TPSA) is 47.6 Å². The van der Waals surface area contributed by atoms with E-state index in [4.69, 9.17) is 9.47 Å². The van der Waals surface area contributed by atoms with Gasteiger partial charge in [0.05, 0.1) is 13.2 Å². The van der Waals surface area contributed by atoms with Crippen LogP contribution in [0.5, 0.6) is 11.5 Å². The second kappa shape index (κ2) is 8.94. The lowest BCUT2D eigenvalue weighted by molar-refractivity contribution is -0.128. The molecular formula is C23H29NO3. The Morgan fingerprint density at radius 1 is 1.04 bits per heavy atom. The summed E-state index contributed by atoms with van der Waals surface area (Å²) in [5.74, 6) is 1.35. The predicted molar refractivity (Wildman–Crippen MR) is 107 cm³/mol. The molecule has 4 nitrogen and oxygen atoms in total. The SMILES string of the molecule is CC[C@@H](Oc1ccc(OC)cc1)C(=O)N[C@H](C)c1ccc2c(c1)CCCC2. The molecule has 0 bridgehead atoms. The molecule has 4 heteroatoms. The zero-order valence-electron chi connectivity index (χ0n) is 16.5. The molecule has 0 fully saturated rings. The maximum Gasteiger partial charge on any atom is 0.261 e. The first-order chi connectivity index (χ1) is 13.1. The van der Waals surface area contributed by atoms with Crippen LogP contribution in [0, 0.1) is 0 Å². The molecule has 2 atom stereocenters. The number of ether oxygens (including phenoxy) is 2. The Labute approximate surface area is 161 Å². The molecule has 0 aliphatic heterocycles. The Morgan fingerprint density at radius 2 is 1.70 bits per heavy atom. The van der Waals surface area contributed by atoms with Crippen LogP contribution in [0.15, 0.2) is 42.5 Å². The first-order valence-electron chi connectivity index (χ1n) is 9.83. The smallest absolute Gasteiger partial charge is 0.261 e. The van der Waals surface area contributed by atoms with Crippen molar-refractivity contribution < 1.29 is 14.3 Å². The van der Waals surface area contributed by atoms with Gasteiger partial charge in [0.25, 0.3) is 5.91 Å². The average Bonchev–Trinajstić information content (AvgIpc) is 2.71. The van der Waals surface area contributed by atoms with Gasteiger partial charge in [-0.05, 0) is 80.0 Å². The van der Waals surface area contributed by atoms with E-state index in [1.165, 1.54) is 30.4 Å². The second-order valence-electron chi connectivity index (χ2n) is 7.16. The Balaban J connectivity index is 1.63. The lowest BCUT2D eigenvalue weighted by atomic mass is 9.89. The van der Waals surface area contributed by atoms with Gasteiger partial charge in [0.2, 0.25) is 0 Å². The number of hydrogen-bond donors (Lipinski definition) is 1. The zero-order chi connectivity index (χ0) is 19.2. The maximum atomic E-state index is 12.7. The molecule has 0 saturated carbocycles. The van der Waals surface area contributed by atoms with Crippen molar-refractivity contribution in [3.63, 3.8) is 0 Å². The van der Waals surface area contributed by atoms with Crippen molar-refractivity contribution in [2.24, 2.45) is 0 Å². The molecule has 0 aromatic heterocycles. The molecule has 3 rings (SSSR count). The van der Waals surface area contributed by atoms with Crippen LogP contribution in [0.4, 0.5) is 0 Å². The van der Waals surface area contributed by atoms with Gasteiger partial charge in [0, 0.05) is 0 Å². The van der Waals surface area contributed by atoms with E-state index in [1.807, 2.05) is 38.1 Å². The molecule has 2 aromatic rings. The van der Waals surface area contributed by atoms with E-state index < -0.39 is 6.10 Å². The largest absolute Gasteiger partial charge is 0.497 e. The van der Waals surface area contributed by atoms with Gasteiger partial charge in [0.1, 0.15) is 11.5 Å². The van der Waals surface area contributed by atoms with Gasteiger partial charge in [-0.3, -0.25) is 4.79 Å². The monoisotopic (exact) mass is 367 g/mol. The van der Waals surface area contributed by atoms with Crippen LogP contribution in [0.3, 0.4) is 0 Å². The summed E-state index contributed by atoms with van der Waals surface area (Å²) >= 11 is 0. The molecule has 0 radical (unpaired) electrons. The predicted octanol–water partition coefficient (Wildman–Crippen LogP) is 4.61. The number of amides is 1. The quantitative estimate of drug-likeness (QED) is 0.777. The van der Waals surface area contributed by atoms with Crippen molar-refractivity contribution in [3.05, 3.63) is 59.2 Å². The highest BCUT2D eigenvalue weighted by Crippen LogP contribution is 2.25. The molecule has 1 aliphatic carbocycles. The standard InChI is InChI=1S/C23H29NO3/c1-4-22(27-21-13-11-20(26-3)12-14-21)23(25)24-16(2)18-10-9-17-7-5-6-8-19(17)15-18/h9-16,22H,4-8H2,1-3H3,(H,24,25)/t16-,22-/m1/s1. The summed E-state index contributed by atoms with van der Waals surface area (Å²) < 4.78 is 11.0. The summed E-state index contributed by atoms with van der Waals surface area (Å²) in [6.45, 7) is 3.99. The van der Waals surface area contributed by atoms with Gasteiger partial charge >= 0.3 is 0 Å². The van der Waals surface area contributed by atoms with Crippen LogP contribution in [0.2, 0.25) is 0 Å². The second-order valence-corrected chi connectivity index (χ2v) is 7.16. The maximum absolute atomic E-state index is 12.7. The average molecular weight is 367 g/mol. The molecule has 144 valence electrons. The van der Waals surface area contributed by atoms with E-state index in [0.717, 1.165) is 17.7 Å².